The van der Waals surface area contributed by atoms with Gasteiger partial charge in [-0.05, 0) is 22.6 Å². The first kappa shape index (κ1) is 17.0. The van der Waals surface area contributed by atoms with Gasteiger partial charge in [-0.3, -0.25) is 4.79 Å². The van der Waals surface area contributed by atoms with Gasteiger partial charge in [-0.25, -0.2) is 4.98 Å². The van der Waals surface area contributed by atoms with Crippen molar-refractivity contribution in [3.63, 3.8) is 0 Å². The van der Waals surface area contributed by atoms with Crippen LogP contribution in [0.4, 0.5) is 0 Å². The molecule has 0 fully saturated rings. The minimum absolute atomic E-state index is 0.362. The molecule has 4 heteroatoms. The highest BCUT2D eigenvalue weighted by Gasteiger charge is 2.34. The fourth-order valence-electron chi connectivity index (χ4n) is 3.14. The van der Waals surface area contributed by atoms with Gasteiger partial charge in [0.2, 0.25) is 11.8 Å². The summed E-state index contributed by atoms with van der Waals surface area (Å²) in [6, 6.07) is 17.8. The molecule has 1 aromatic heterocycles. The summed E-state index contributed by atoms with van der Waals surface area (Å²) in [6.07, 6.45) is 3.11. The highest BCUT2D eigenvalue weighted by atomic mass is 16.3. The van der Waals surface area contributed by atoms with Gasteiger partial charge in [0.1, 0.15) is 6.26 Å². The number of benzene rings is 2. The molecule has 1 heterocycles. The van der Waals surface area contributed by atoms with Crippen LogP contribution in [0, 0.1) is 0 Å². The van der Waals surface area contributed by atoms with Crippen molar-refractivity contribution >= 4 is 5.91 Å². The zero-order chi connectivity index (χ0) is 17.8. The zero-order valence-electron chi connectivity index (χ0n) is 14.4. The average molecular weight is 334 g/mol. The number of aromatic nitrogens is 1. The molecule has 0 aliphatic rings. The molecule has 3 rings (SSSR count). The Balaban J connectivity index is 2.08. The van der Waals surface area contributed by atoms with Crippen molar-refractivity contribution < 1.29 is 9.21 Å². The molecule has 3 aromatic rings. The number of oxazole rings is 1. The Hall–Kier alpha value is -2.88. The minimum atomic E-state index is -0.553. The fraction of sp³-hybridized carbons (Fsp3) is 0.238. The molecule has 2 N–H and O–H groups in total. The van der Waals surface area contributed by atoms with Gasteiger partial charge < -0.3 is 10.2 Å². The lowest BCUT2D eigenvalue weighted by Crippen LogP contribution is -2.28. The van der Waals surface area contributed by atoms with Crippen LogP contribution in [0.25, 0.3) is 0 Å². The van der Waals surface area contributed by atoms with E-state index < -0.39 is 11.8 Å². The topological polar surface area (TPSA) is 69.1 Å². The summed E-state index contributed by atoms with van der Waals surface area (Å²) < 4.78 is 5.55. The summed E-state index contributed by atoms with van der Waals surface area (Å²) in [6.45, 7) is 4.28. The number of primary amides is 1. The number of nitrogens with two attached hydrogens (primary N) is 1. The molecule has 4 nitrogen and oxygen atoms in total. The summed E-state index contributed by atoms with van der Waals surface area (Å²) in [5.74, 6) is -0.397. The maximum Gasteiger partial charge on any atom is 0.226 e. The van der Waals surface area contributed by atoms with Crippen molar-refractivity contribution in [2.75, 3.05) is 0 Å². The lowest BCUT2D eigenvalue weighted by molar-refractivity contribution is -0.119. The van der Waals surface area contributed by atoms with E-state index in [2.05, 4.69) is 18.8 Å². The summed E-state index contributed by atoms with van der Waals surface area (Å²) in [5, 5.41) is 0. The molecule has 25 heavy (non-hydrogen) atoms. The maximum atomic E-state index is 12.4. The summed E-state index contributed by atoms with van der Waals surface area (Å²) in [4.78, 5) is 16.7. The van der Waals surface area contributed by atoms with E-state index in [4.69, 9.17) is 10.2 Å². The number of nitrogens with zero attached hydrogens (tertiary/aromatic N) is 1. The van der Waals surface area contributed by atoms with E-state index >= 15 is 0 Å². The third kappa shape index (κ3) is 3.63. The highest BCUT2D eigenvalue weighted by Crippen LogP contribution is 2.38. The molecule has 0 saturated heterocycles. The van der Waals surface area contributed by atoms with Crippen molar-refractivity contribution in [3.8, 4) is 0 Å². The van der Waals surface area contributed by atoms with Gasteiger partial charge in [0, 0.05) is 0 Å². The van der Waals surface area contributed by atoms with Crippen LogP contribution >= 0.6 is 0 Å². The maximum absolute atomic E-state index is 12.4. The first-order valence-corrected chi connectivity index (χ1v) is 8.41. The van der Waals surface area contributed by atoms with E-state index in [9.17, 15) is 4.79 Å². The van der Waals surface area contributed by atoms with Gasteiger partial charge in [-0.2, -0.15) is 0 Å². The normalized spacial score (nSPS) is 13.6. The summed E-state index contributed by atoms with van der Waals surface area (Å²) >= 11 is 0. The van der Waals surface area contributed by atoms with Crippen molar-refractivity contribution in [2.45, 2.75) is 31.6 Å². The predicted molar refractivity (Wildman–Crippen MR) is 97.3 cm³/mol. The van der Waals surface area contributed by atoms with Gasteiger partial charge in [0.15, 0.2) is 0 Å². The number of hydrogen-bond donors (Lipinski definition) is 1. The third-order valence-corrected chi connectivity index (χ3v) is 4.48. The second kappa shape index (κ2) is 7.34. The summed E-state index contributed by atoms with van der Waals surface area (Å²) in [5.41, 5.74) is 8.83. The Labute approximate surface area is 147 Å². The first-order chi connectivity index (χ1) is 12.1. The monoisotopic (exact) mass is 334 g/mol. The van der Waals surface area contributed by atoms with Crippen molar-refractivity contribution in [3.05, 3.63) is 89.6 Å². The molecule has 0 spiro atoms. The third-order valence-electron chi connectivity index (χ3n) is 4.48. The Morgan fingerprint density at radius 3 is 2.12 bits per heavy atom. The van der Waals surface area contributed by atoms with Crippen LogP contribution in [-0.4, -0.2) is 10.9 Å². The molecular formula is C21H22N2O2. The smallest absolute Gasteiger partial charge is 0.226 e. The molecule has 0 saturated carbocycles. The average Bonchev–Trinajstić information content (AvgIpc) is 3.14. The molecule has 2 aromatic carbocycles. The van der Waals surface area contributed by atoms with Crippen LogP contribution in [0.1, 0.15) is 54.2 Å². The lowest BCUT2D eigenvalue weighted by Gasteiger charge is -2.23. The second-order valence-electron chi connectivity index (χ2n) is 6.46. The van der Waals surface area contributed by atoms with Gasteiger partial charge in [-0.1, -0.05) is 68.4 Å². The quantitative estimate of drug-likeness (QED) is 0.734. The van der Waals surface area contributed by atoms with Crippen LogP contribution in [0.3, 0.4) is 0 Å². The molecule has 0 aliphatic heterocycles. The zero-order valence-corrected chi connectivity index (χ0v) is 14.4. The Morgan fingerprint density at radius 1 is 0.960 bits per heavy atom. The van der Waals surface area contributed by atoms with Crippen molar-refractivity contribution in [1.82, 2.24) is 4.98 Å². The molecular weight excluding hydrogens is 312 g/mol. The summed E-state index contributed by atoms with van der Waals surface area (Å²) in [7, 11) is 0. The van der Waals surface area contributed by atoms with Gasteiger partial charge in [-0.15, -0.1) is 0 Å². The van der Waals surface area contributed by atoms with E-state index in [0.29, 0.717) is 11.8 Å². The largest absolute Gasteiger partial charge is 0.448 e. The van der Waals surface area contributed by atoms with Crippen LogP contribution in [0.2, 0.25) is 0 Å². The molecule has 128 valence electrons. The minimum Gasteiger partial charge on any atom is -0.448 e. The number of amides is 1. The van der Waals surface area contributed by atoms with Crippen molar-refractivity contribution in [1.29, 1.82) is 0 Å². The van der Waals surface area contributed by atoms with E-state index in [1.54, 1.807) is 6.20 Å². The lowest BCUT2D eigenvalue weighted by atomic mass is 9.80. The Bertz CT molecular complexity index is 809. The van der Waals surface area contributed by atoms with Gasteiger partial charge >= 0.3 is 0 Å². The number of rotatable bonds is 6. The van der Waals surface area contributed by atoms with Gasteiger partial charge in [0.05, 0.1) is 18.0 Å². The predicted octanol–water partition coefficient (Wildman–Crippen LogP) is 4.20. The fourth-order valence-corrected chi connectivity index (χ4v) is 3.14. The van der Waals surface area contributed by atoms with Crippen molar-refractivity contribution in [2.24, 2.45) is 5.73 Å². The van der Waals surface area contributed by atoms with E-state index in [1.165, 1.54) is 11.8 Å². The Morgan fingerprint density at radius 2 is 1.60 bits per heavy atom. The number of carbonyl (C=O) groups is 1. The van der Waals surface area contributed by atoms with Crippen LogP contribution in [0.5, 0.6) is 0 Å². The van der Waals surface area contributed by atoms with Crippen LogP contribution in [-0.2, 0) is 4.79 Å². The van der Waals surface area contributed by atoms with Gasteiger partial charge in [0.25, 0.3) is 0 Å². The molecule has 2 atom stereocenters. The van der Waals surface area contributed by atoms with E-state index in [1.807, 2.05) is 54.6 Å². The molecule has 0 aliphatic carbocycles. The van der Waals surface area contributed by atoms with E-state index in [-0.39, 0.29) is 5.92 Å². The first-order valence-electron chi connectivity index (χ1n) is 8.41. The standard InChI is InChI=1S/C21H22N2O2/c1-14(2)15-8-10-17(11-9-15)18(20(22)24)19(21-23-12-13-25-21)16-6-4-3-5-7-16/h3-14,18-19H,1-2H3,(H2,22,24). The highest BCUT2D eigenvalue weighted by molar-refractivity contribution is 5.83. The molecule has 2 unspecified atom stereocenters. The molecule has 0 radical (unpaired) electrons. The van der Waals surface area contributed by atoms with Crippen LogP contribution in [0.15, 0.2) is 71.5 Å². The second-order valence-corrected chi connectivity index (χ2v) is 6.46. The van der Waals surface area contributed by atoms with E-state index in [0.717, 1.165) is 11.1 Å². The number of carbonyl (C=O) groups excluding carboxylic acids is 1. The molecule has 0 bridgehead atoms. The SMILES string of the molecule is CC(C)c1ccc(C(C(N)=O)C(c2ccccc2)c2ncco2)cc1. The molecule has 1 amide bonds. The van der Waals surface area contributed by atoms with Crippen LogP contribution < -0.4 is 5.73 Å². The number of hydrogen-bond acceptors (Lipinski definition) is 3. The Kier molecular flexibility index (Phi) is 4.98.